The van der Waals surface area contributed by atoms with E-state index < -0.39 is 0 Å². The smallest absolute Gasteiger partial charge is 0.0522 e. The number of ether oxygens (including phenoxy) is 1. The van der Waals surface area contributed by atoms with E-state index in [0.717, 1.165) is 19.2 Å². The van der Waals surface area contributed by atoms with Crippen LogP contribution in [0, 0.1) is 11.8 Å². The topological polar surface area (TPSA) is 21.3 Å². The van der Waals surface area contributed by atoms with Gasteiger partial charge in [-0.05, 0) is 24.7 Å². The van der Waals surface area contributed by atoms with Crippen LogP contribution in [0.4, 0.5) is 0 Å². The van der Waals surface area contributed by atoms with E-state index in [-0.39, 0.29) is 0 Å². The molecule has 1 aliphatic carbocycles. The molecular formula is C13H25NO. The lowest BCUT2D eigenvalue weighted by Crippen LogP contribution is -2.22. The lowest BCUT2D eigenvalue weighted by molar-refractivity contribution is 0.175. The van der Waals surface area contributed by atoms with Crippen molar-refractivity contribution in [2.45, 2.75) is 39.7 Å². The standard InChI is InChI=1S/C13H25NO/c1-10(2)12(7-11(3)9-15-4)8-14-13-5-6-13/h7,10-11,13-14H,5-6,8-9H2,1-4H3/b12-7-. The summed E-state index contributed by atoms with van der Waals surface area (Å²) in [5.41, 5.74) is 1.52. The Kier molecular flexibility index (Phi) is 5.34. The highest BCUT2D eigenvalue weighted by molar-refractivity contribution is 5.09. The van der Waals surface area contributed by atoms with Gasteiger partial charge >= 0.3 is 0 Å². The van der Waals surface area contributed by atoms with Gasteiger partial charge in [-0.2, -0.15) is 0 Å². The molecule has 1 atom stereocenters. The molecule has 1 fully saturated rings. The Balaban J connectivity index is 2.38. The zero-order valence-electron chi connectivity index (χ0n) is 10.5. The zero-order valence-corrected chi connectivity index (χ0v) is 10.5. The van der Waals surface area contributed by atoms with Gasteiger partial charge in [0.15, 0.2) is 0 Å². The van der Waals surface area contributed by atoms with Crippen LogP contribution in [0.1, 0.15) is 33.6 Å². The average Bonchev–Trinajstić information content (AvgIpc) is 2.95. The highest BCUT2D eigenvalue weighted by atomic mass is 16.5. The first-order valence-electron chi connectivity index (χ1n) is 6.06. The Bertz CT molecular complexity index is 207. The average molecular weight is 211 g/mol. The first kappa shape index (κ1) is 12.7. The molecule has 0 saturated heterocycles. The van der Waals surface area contributed by atoms with Crippen molar-refractivity contribution in [1.82, 2.24) is 5.32 Å². The Labute approximate surface area is 94.1 Å². The summed E-state index contributed by atoms with van der Waals surface area (Å²) in [4.78, 5) is 0. The molecule has 2 heteroatoms. The van der Waals surface area contributed by atoms with Crippen molar-refractivity contribution in [3.05, 3.63) is 11.6 Å². The molecule has 0 amide bonds. The third-order valence-electron chi connectivity index (χ3n) is 2.84. The zero-order chi connectivity index (χ0) is 11.3. The van der Waals surface area contributed by atoms with E-state index in [1.165, 1.54) is 18.4 Å². The molecule has 0 bridgehead atoms. The lowest BCUT2D eigenvalue weighted by Gasteiger charge is -2.15. The first-order chi connectivity index (χ1) is 7.13. The highest BCUT2D eigenvalue weighted by Gasteiger charge is 2.20. The number of hydrogen-bond acceptors (Lipinski definition) is 2. The fourth-order valence-electron chi connectivity index (χ4n) is 1.68. The Morgan fingerprint density at radius 2 is 2.07 bits per heavy atom. The maximum atomic E-state index is 5.16. The van der Waals surface area contributed by atoms with Crippen molar-refractivity contribution in [1.29, 1.82) is 0 Å². The molecule has 0 radical (unpaired) electrons. The summed E-state index contributed by atoms with van der Waals surface area (Å²) in [5.74, 6) is 1.16. The second-order valence-electron chi connectivity index (χ2n) is 4.98. The molecule has 0 aromatic carbocycles. The van der Waals surface area contributed by atoms with Crippen LogP contribution in [0.15, 0.2) is 11.6 Å². The number of methoxy groups -OCH3 is 1. The van der Waals surface area contributed by atoms with Crippen molar-refractivity contribution >= 4 is 0 Å². The molecule has 1 aliphatic rings. The van der Waals surface area contributed by atoms with Gasteiger partial charge in [-0.25, -0.2) is 0 Å². The van der Waals surface area contributed by atoms with Crippen LogP contribution in [0.2, 0.25) is 0 Å². The van der Waals surface area contributed by atoms with Crippen LogP contribution in [0.5, 0.6) is 0 Å². The third kappa shape index (κ3) is 5.33. The second-order valence-corrected chi connectivity index (χ2v) is 4.98. The maximum absolute atomic E-state index is 5.16. The fraction of sp³-hybridized carbons (Fsp3) is 0.846. The molecule has 1 saturated carbocycles. The second kappa shape index (κ2) is 6.29. The summed E-state index contributed by atoms with van der Waals surface area (Å²) in [6, 6.07) is 0.796. The number of nitrogens with one attached hydrogen (secondary N) is 1. The van der Waals surface area contributed by atoms with Crippen molar-refractivity contribution < 1.29 is 4.74 Å². The minimum Gasteiger partial charge on any atom is -0.384 e. The summed E-state index contributed by atoms with van der Waals surface area (Å²) >= 11 is 0. The molecule has 1 N–H and O–H groups in total. The highest BCUT2D eigenvalue weighted by Crippen LogP contribution is 2.20. The van der Waals surface area contributed by atoms with E-state index in [2.05, 4.69) is 32.2 Å². The van der Waals surface area contributed by atoms with Crippen LogP contribution in [-0.4, -0.2) is 26.3 Å². The Morgan fingerprint density at radius 1 is 1.40 bits per heavy atom. The molecule has 88 valence electrons. The van der Waals surface area contributed by atoms with Crippen molar-refractivity contribution in [2.24, 2.45) is 11.8 Å². The van der Waals surface area contributed by atoms with Crippen LogP contribution >= 0.6 is 0 Å². The molecule has 1 rings (SSSR count). The van der Waals surface area contributed by atoms with E-state index in [1.54, 1.807) is 7.11 Å². The van der Waals surface area contributed by atoms with Crippen LogP contribution in [-0.2, 0) is 4.74 Å². The molecule has 0 aromatic rings. The summed E-state index contributed by atoms with van der Waals surface area (Å²) in [7, 11) is 1.77. The molecule has 15 heavy (non-hydrogen) atoms. The van der Waals surface area contributed by atoms with Crippen LogP contribution in [0.25, 0.3) is 0 Å². The fourth-order valence-corrected chi connectivity index (χ4v) is 1.68. The van der Waals surface area contributed by atoms with Crippen LogP contribution < -0.4 is 5.32 Å². The third-order valence-corrected chi connectivity index (χ3v) is 2.84. The van der Waals surface area contributed by atoms with Gasteiger partial charge in [-0.3, -0.25) is 0 Å². The van der Waals surface area contributed by atoms with Gasteiger partial charge in [-0.1, -0.05) is 32.4 Å². The van der Waals surface area contributed by atoms with E-state index >= 15 is 0 Å². The molecule has 0 aromatic heterocycles. The summed E-state index contributed by atoms with van der Waals surface area (Å²) in [6.45, 7) is 8.61. The van der Waals surface area contributed by atoms with Gasteiger partial charge in [0, 0.05) is 19.7 Å². The normalized spacial score (nSPS) is 19.7. The minimum absolute atomic E-state index is 0.522. The van der Waals surface area contributed by atoms with Gasteiger partial charge in [0.2, 0.25) is 0 Å². The molecule has 1 unspecified atom stereocenters. The van der Waals surface area contributed by atoms with Gasteiger partial charge in [0.05, 0.1) is 6.61 Å². The summed E-state index contributed by atoms with van der Waals surface area (Å²) in [6.07, 6.45) is 5.08. The first-order valence-corrected chi connectivity index (χ1v) is 6.06. The molecule has 0 aliphatic heterocycles. The Morgan fingerprint density at radius 3 is 2.53 bits per heavy atom. The largest absolute Gasteiger partial charge is 0.384 e. The Hall–Kier alpha value is -0.340. The molecule has 0 spiro atoms. The van der Waals surface area contributed by atoms with E-state index in [0.29, 0.717) is 11.8 Å². The van der Waals surface area contributed by atoms with Crippen molar-refractivity contribution in [3.8, 4) is 0 Å². The summed E-state index contributed by atoms with van der Waals surface area (Å²) < 4.78 is 5.16. The van der Waals surface area contributed by atoms with Crippen LogP contribution in [0.3, 0.4) is 0 Å². The van der Waals surface area contributed by atoms with Crippen molar-refractivity contribution in [2.75, 3.05) is 20.3 Å². The van der Waals surface area contributed by atoms with Gasteiger partial charge in [0.1, 0.15) is 0 Å². The monoisotopic (exact) mass is 211 g/mol. The molecule has 2 nitrogen and oxygen atoms in total. The van der Waals surface area contributed by atoms with Crippen molar-refractivity contribution in [3.63, 3.8) is 0 Å². The van der Waals surface area contributed by atoms with Gasteiger partial charge in [-0.15, -0.1) is 0 Å². The van der Waals surface area contributed by atoms with E-state index in [9.17, 15) is 0 Å². The quantitative estimate of drug-likeness (QED) is 0.654. The van der Waals surface area contributed by atoms with Gasteiger partial charge < -0.3 is 10.1 Å². The predicted molar refractivity (Wildman–Crippen MR) is 65.0 cm³/mol. The SMILES string of the molecule is COCC(C)/C=C(/CNC1CC1)C(C)C. The summed E-state index contributed by atoms with van der Waals surface area (Å²) in [5, 5.41) is 3.58. The molecule has 0 heterocycles. The predicted octanol–water partition coefficient (Wildman–Crippen LogP) is 2.60. The van der Waals surface area contributed by atoms with E-state index in [4.69, 9.17) is 4.74 Å². The van der Waals surface area contributed by atoms with Gasteiger partial charge in [0.25, 0.3) is 0 Å². The lowest BCUT2D eigenvalue weighted by atomic mass is 9.98. The molecular weight excluding hydrogens is 186 g/mol. The number of hydrogen-bond donors (Lipinski definition) is 1. The number of rotatable bonds is 7. The maximum Gasteiger partial charge on any atom is 0.0522 e. The van der Waals surface area contributed by atoms with E-state index in [1.807, 2.05) is 0 Å². The minimum atomic E-state index is 0.522.